The van der Waals surface area contributed by atoms with Crippen LogP contribution in [0.2, 0.25) is 0 Å². The molecule has 1 fully saturated rings. The molecular weight excluding hydrogens is 500 g/mol. The maximum atomic E-state index is 13.8. The summed E-state index contributed by atoms with van der Waals surface area (Å²) < 4.78 is 1.55. The average Bonchev–Trinajstić information content (AvgIpc) is 3.61. The number of pyridine rings is 1. The zero-order valence-corrected chi connectivity index (χ0v) is 23.1. The van der Waals surface area contributed by atoms with E-state index in [0.29, 0.717) is 16.8 Å². The smallest absolute Gasteiger partial charge is 0.274 e. The molecule has 2 aromatic carbocycles. The first-order chi connectivity index (χ1) is 19.4. The quantitative estimate of drug-likeness (QED) is 0.298. The fourth-order valence-corrected chi connectivity index (χ4v) is 5.78. The minimum absolute atomic E-state index is 0.0797. The van der Waals surface area contributed by atoms with E-state index in [1.54, 1.807) is 16.9 Å². The lowest BCUT2D eigenvalue weighted by Crippen LogP contribution is -2.37. The number of carbonyl (C=O) groups excluding carboxylic acids is 1. The number of aromatic amines is 1. The third-order valence-corrected chi connectivity index (χ3v) is 7.86. The summed E-state index contributed by atoms with van der Waals surface area (Å²) in [4.78, 5) is 37.3. The number of aryl methyl sites for hydroxylation is 1. The summed E-state index contributed by atoms with van der Waals surface area (Å²) >= 11 is 0. The highest BCUT2D eigenvalue weighted by atomic mass is 16.2. The molecular formula is C32H34N6O2. The highest BCUT2D eigenvalue weighted by Crippen LogP contribution is 2.27. The first kappa shape index (κ1) is 26.0. The van der Waals surface area contributed by atoms with Crippen molar-refractivity contribution in [1.82, 2.24) is 29.8 Å². The number of hydrogen-bond donors (Lipinski definition) is 2. The molecule has 0 spiro atoms. The molecule has 8 heteroatoms. The largest absolute Gasteiger partial charge is 0.343 e. The monoisotopic (exact) mass is 534 g/mol. The van der Waals surface area contributed by atoms with E-state index >= 15 is 0 Å². The molecule has 8 nitrogen and oxygen atoms in total. The van der Waals surface area contributed by atoms with E-state index in [0.717, 1.165) is 47.2 Å². The van der Waals surface area contributed by atoms with Crippen molar-refractivity contribution >= 4 is 22.3 Å². The Morgan fingerprint density at radius 3 is 2.60 bits per heavy atom. The topological polar surface area (TPSA) is 95.4 Å². The van der Waals surface area contributed by atoms with Crippen LogP contribution in [0, 0.1) is 6.92 Å². The standard InChI is InChI=1S/C32H34N6O2/c1-20(2)28-29(31(39)34-26(18-37-14-7-8-15-37)22-11-5-4-6-12-22)36-38-19-27(35-32(40)30(28)38)23-16-24-21(3)10-9-13-25(24)33-17-23/h4-6,9-13,16-17,19-20,26H,7-8,14-15,18H2,1-3H3,(H,34,39)(H,35,40). The average molecular weight is 535 g/mol. The normalized spacial score (nSPS) is 14.8. The molecule has 1 atom stereocenters. The molecule has 0 radical (unpaired) electrons. The van der Waals surface area contributed by atoms with Crippen molar-refractivity contribution in [3.8, 4) is 11.3 Å². The number of likely N-dealkylation sites (tertiary alicyclic amines) is 1. The summed E-state index contributed by atoms with van der Waals surface area (Å²) in [5, 5.41) is 8.96. The maximum absolute atomic E-state index is 13.8. The van der Waals surface area contributed by atoms with Crippen molar-refractivity contribution in [1.29, 1.82) is 0 Å². The summed E-state index contributed by atoms with van der Waals surface area (Å²) in [6, 6.07) is 17.9. The fraction of sp³-hybridized carbons (Fsp3) is 0.312. The first-order valence-corrected chi connectivity index (χ1v) is 14.0. The molecule has 1 amide bonds. The molecule has 40 heavy (non-hydrogen) atoms. The van der Waals surface area contributed by atoms with Crippen molar-refractivity contribution in [2.75, 3.05) is 19.6 Å². The summed E-state index contributed by atoms with van der Waals surface area (Å²) in [7, 11) is 0. The van der Waals surface area contributed by atoms with Crippen LogP contribution in [0.1, 0.15) is 65.8 Å². The summed E-state index contributed by atoms with van der Waals surface area (Å²) in [6.07, 6.45) is 5.88. The van der Waals surface area contributed by atoms with Gasteiger partial charge in [0.15, 0.2) is 5.69 Å². The van der Waals surface area contributed by atoms with Crippen LogP contribution in [-0.4, -0.2) is 50.0 Å². The Hall–Kier alpha value is -4.30. The molecule has 0 bridgehead atoms. The van der Waals surface area contributed by atoms with Crippen molar-refractivity contribution in [2.45, 2.75) is 45.6 Å². The molecule has 204 valence electrons. The summed E-state index contributed by atoms with van der Waals surface area (Å²) in [5.74, 6) is -0.353. The van der Waals surface area contributed by atoms with Crippen molar-refractivity contribution in [3.05, 3.63) is 99.7 Å². The molecule has 0 aliphatic carbocycles. The van der Waals surface area contributed by atoms with Gasteiger partial charge in [0, 0.05) is 29.3 Å². The van der Waals surface area contributed by atoms with Gasteiger partial charge in [0.25, 0.3) is 11.5 Å². The van der Waals surface area contributed by atoms with Gasteiger partial charge < -0.3 is 15.2 Å². The minimum Gasteiger partial charge on any atom is -0.343 e. The van der Waals surface area contributed by atoms with Gasteiger partial charge in [-0.25, -0.2) is 4.52 Å². The van der Waals surface area contributed by atoms with E-state index in [1.165, 1.54) is 12.8 Å². The van der Waals surface area contributed by atoms with E-state index < -0.39 is 0 Å². The molecule has 1 aliphatic rings. The Morgan fingerprint density at radius 1 is 1.07 bits per heavy atom. The highest BCUT2D eigenvalue weighted by molar-refractivity contribution is 5.96. The molecule has 1 unspecified atom stereocenters. The van der Waals surface area contributed by atoms with E-state index in [1.807, 2.05) is 75.4 Å². The minimum atomic E-state index is -0.283. The van der Waals surface area contributed by atoms with Gasteiger partial charge in [-0.15, -0.1) is 0 Å². The summed E-state index contributed by atoms with van der Waals surface area (Å²) in [6.45, 7) is 8.81. The number of carbonyl (C=O) groups is 1. The lowest BCUT2D eigenvalue weighted by atomic mass is 10.0. The Balaban J connectivity index is 1.39. The van der Waals surface area contributed by atoms with Gasteiger partial charge in [0.1, 0.15) is 5.52 Å². The van der Waals surface area contributed by atoms with E-state index in [9.17, 15) is 9.59 Å². The van der Waals surface area contributed by atoms with Crippen molar-refractivity contribution < 1.29 is 4.79 Å². The Morgan fingerprint density at radius 2 is 1.85 bits per heavy atom. The number of aromatic nitrogens is 4. The van der Waals surface area contributed by atoms with Gasteiger partial charge in [-0.05, 0) is 62.0 Å². The van der Waals surface area contributed by atoms with Crippen molar-refractivity contribution in [2.24, 2.45) is 0 Å². The van der Waals surface area contributed by atoms with Gasteiger partial charge in [-0.1, -0.05) is 56.3 Å². The van der Waals surface area contributed by atoms with Crippen molar-refractivity contribution in [3.63, 3.8) is 0 Å². The van der Waals surface area contributed by atoms with E-state index in [-0.39, 0.29) is 29.1 Å². The number of hydrogen-bond acceptors (Lipinski definition) is 5. The third-order valence-electron chi connectivity index (χ3n) is 7.86. The van der Waals surface area contributed by atoms with Crippen LogP contribution >= 0.6 is 0 Å². The Bertz CT molecular complexity index is 1750. The summed E-state index contributed by atoms with van der Waals surface area (Å²) in [5.41, 5.74) is 5.47. The zero-order chi connectivity index (χ0) is 27.8. The van der Waals surface area contributed by atoms with Gasteiger partial charge >= 0.3 is 0 Å². The fourth-order valence-electron chi connectivity index (χ4n) is 5.78. The number of fused-ring (bicyclic) bond motifs is 2. The second-order valence-electron chi connectivity index (χ2n) is 11.0. The number of rotatable bonds is 7. The van der Waals surface area contributed by atoms with Crippen LogP contribution < -0.4 is 10.9 Å². The lowest BCUT2D eigenvalue weighted by molar-refractivity contribution is 0.0920. The molecule has 1 aliphatic heterocycles. The predicted molar refractivity (Wildman–Crippen MR) is 158 cm³/mol. The first-order valence-electron chi connectivity index (χ1n) is 14.0. The Labute approximate surface area is 233 Å². The van der Waals surface area contributed by atoms with E-state index in [4.69, 9.17) is 0 Å². The van der Waals surface area contributed by atoms with Crippen LogP contribution in [0.5, 0.6) is 0 Å². The highest BCUT2D eigenvalue weighted by Gasteiger charge is 2.27. The molecule has 0 saturated carbocycles. The Kier molecular flexibility index (Phi) is 6.94. The molecule has 4 heterocycles. The second-order valence-corrected chi connectivity index (χ2v) is 11.0. The molecule has 2 N–H and O–H groups in total. The van der Waals surface area contributed by atoms with E-state index in [2.05, 4.69) is 25.3 Å². The maximum Gasteiger partial charge on any atom is 0.274 e. The molecule has 3 aromatic heterocycles. The number of H-pyrrole nitrogens is 1. The second kappa shape index (κ2) is 10.7. The van der Waals surface area contributed by atoms with Gasteiger partial charge in [-0.3, -0.25) is 14.6 Å². The zero-order valence-electron chi connectivity index (χ0n) is 23.1. The molecule has 1 saturated heterocycles. The van der Waals surface area contributed by atoms with Crippen LogP contribution in [0.4, 0.5) is 0 Å². The lowest BCUT2D eigenvalue weighted by Gasteiger charge is -2.25. The van der Waals surface area contributed by atoms with Crippen LogP contribution in [0.3, 0.4) is 0 Å². The van der Waals surface area contributed by atoms with Gasteiger partial charge in [0.2, 0.25) is 0 Å². The molecule has 6 rings (SSSR count). The van der Waals surface area contributed by atoms with Crippen LogP contribution in [-0.2, 0) is 0 Å². The van der Waals surface area contributed by atoms with Crippen LogP contribution in [0.15, 0.2) is 71.8 Å². The molecule has 5 aromatic rings. The van der Waals surface area contributed by atoms with Gasteiger partial charge in [0.05, 0.1) is 23.4 Å². The van der Waals surface area contributed by atoms with Crippen LogP contribution in [0.25, 0.3) is 27.7 Å². The third kappa shape index (κ3) is 4.91. The number of amides is 1. The number of nitrogens with one attached hydrogen (secondary N) is 2. The number of nitrogens with zero attached hydrogens (tertiary/aromatic N) is 4. The SMILES string of the molecule is Cc1cccc2ncc(-c3cn4nc(C(=O)NC(CN5CCCC5)c5ccccc5)c(C(C)C)c4c(=O)[nH]3)cc12. The van der Waals surface area contributed by atoms with Gasteiger partial charge in [-0.2, -0.15) is 5.10 Å². The number of benzene rings is 2. The predicted octanol–water partition coefficient (Wildman–Crippen LogP) is 5.24.